The number of amides is 1. The molecule has 142 valence electrons. The number of hydrogen-bond acceptors (Lipinski definition) is 5. The minimum absolute atomic E-state index is 0.0562. The van der Waals surface area contributed by atoms with Gasteiger partial charge in [-0.15, -0.1) is 0 Å². The van der Waals surface area contributed by atoms with E-state index in [9.17, 15) is 9.59 Å². The first-order valence-corrected chi connectivity index (χ1v) is 8.77. The quantitative estimate of drug-likeness (QED) is 0.683. The van der Waals surface area contributed by atoms with Gasteiger partial charge in [0.25, 0.3) is 5.91 Å². The molecule has 0 spiro atoms. The number of fused-ring (bicyclic) bond motifs is 1. The Bertz CT molecular complexity index is 1050. The van der Waals surface area contributed by atoms with Crippen LogP contribution in [0.25, 0.3) is 11.0 Å². The summed E-state index contributed by atoms with van der Waals surface area (Å²) in [5, 5.41) is 8.27. The van der Waals surface area contributed by atoms with E-state index in [1.807, 2.05) is 6.92 Å². The highest BCUT2D eigenvalue weighted by Gasteiger charge is 2.25. The standard InChI is InChI=1S/C19H20ClN3O4/c1-9-14-8-13(20)6-7-15(14)27-17(9)19(25)26-12(4)18(24)21-16-10(2)22-23(5)11(16)3/h6-8,12H,1-5H3,(H,21,24)/t12-/m1/s1. The molecule has 0 aliphatic carbocycles. The van der Waals surface area contributed by atoms with Gasteiger partial charge >= 0.3 is 5.97 Å². The second-order valence-corrected chi connectivity index (χ2v) is 6.84. The maximum Gasteiger partial charge on any atom is 0.375 e. The van der Waals surface area contributed by atoms with Crippen molar-refractivity contribution in [3.63, 3.8) is 0 Å². The summed E-state index contributed by atoms with van der Waals surface area (Å²) in [5.41, 5.74) is 3.25. The van der Waals surface area contributed by atoms with Crippen molar-refractivity contribution in [2.24, 2.45) is 7.05 Å². The Morgan fingerprint density at radius 3 is 2.63 bits per heavy atom. The molecular weight excluding hydrogens is 370 g/mol. The van der Waals surface area contributed by atoms with Gasteiger partial charge in [0.15, 0.2) is 6.10 Å². The number of halogens is 1. The second kappa shape index (κ2) is 7.08. The topological polar surface area (TPSA) is 86.4 Å². The van der Waals surface area contributed by atoms with Gasteiger partial charge in [0.2, 0.25) is 5.76 Å². The fourth-order valence-corrected chi connectivity index (χ4v) is 3.01. The predicted octanol–water partition coefficient (Wildman–Crippen LogP) is 3.93. The molecule has 0 saturated carbocycles. The van der Waals surface area contributed by atoms with E-state index in [4.69, 9.17) is 20.8 Å². The zero-order valence-electron chi connectivity index (χ0n) is 15.7. The van der Waals surface area contributed by atoms with Crippen molar-refractivity contribution in [3.8, 4) is 0 Å². The van der Waals surface area contributed by atoms with Gasteiger partial charge in [0.05, 0.1) is 17.1 Å². The van der Waals surface area contributed by atoms with E-state index in [1.165, 1.54) is 6.92 Å². The molecule has 7 nitrogen and oxygen atoms in total. The molecule has 0 radical (unpaired) electrons. The van der Waals surface area contributed by atoms with Crippen molar-refractivity contribution in [3.05, 3.63) is 45.9 Å². The number of ether oxygens (including phenoxy) is 1. The lowest BCUT2D eigenvalue weighted by Crippen LogP contribution is -2.30. The molecule has 0 bridgehead atoms. The fourth-order valence-electron chi connectivity index (χ4n) is 2.83. The SMILES string of the molecule is Cc1nn(C)c(C)c1NC(=O)[C@@H](C)OC(=O)c1oc2ccc(Cl)cc2c1C. The summed E-state index contributed by atoms with van der Waals surface area (Å²) in [6.07, 6.45) is -1.01. The normalized spacial score (nSPS) is 12.2. The number of nitrogens with one attached hydrogen (secondary N) is 1. The smallest absolute Gasteiger partial charge is 0.375 e. The molecule has 2 heterocycles. The van der Waals surface area contributed by atoms with Gasteiger partial charge in [0.1, 0.15) is 5.58 Å². The van der Waals surface area contributed by atoms with E-state index in [0.717, 1.165) is 11.1 Å². The molecule has 0 aliphatic rings. The summed E-state index contributed by atoms with van der Waals surface area (Å²) in [6, 6.07) is 5.08. The number of benzene rings is 1. The van der Waals surface area contributed by atoms with Crippen molar-refractivity contribution in [1.29, 1.82) is 0 Å². The Morgan fingerprint density at radius 1 is 1.30 bits per heavy atom. The monoisotopic (exact) mass is 389 g/mol. The Kier molecular flexibility index (Phi) is 4.97. The van der Waals surface area contributed by atoms with Gasteiger partial charge in [-0.25, -0.2) is 4.79 Å². The van der Waals surface area contributed by atoms with Crippen molar-refractivity contribution >= 4 is 40.1 Å². The highest BCUT2D eigenvalue weighted by molar-refractivity contribution is 6.31. The van der Waals surface area contributed by atoms with Crippen LogP contribution in [-0.2, 0) is 16.6 Å². The van der Waals surface area contributed by atoms with Crippen molar-refractivity contribution in [2.45, 2.75) is 33.8 Å². The zero-order chi connectivity index (χ0) is 19.9. The van der Waals surface area contributed by atoms with Gasteiger partial charge in [-0.05, 0) is 45.9 Å². The van der Waals surface area contributed by atoms with E-state index in [2.05, 4.69) is 10.4 Å². The third-order valence-corrected chi connectivity index (χ3v) is 4.73. The Hall–Kier alpha value is -2.80. The van der Waals surface area contributed by atoms with Gasteiger partial charge in [-0.2, -0.15) is 5.10 Å². The Morgan fingerprint density at radius 2 is 2.00 bits per heavy atom. The highest BCUT2D eigenvalue weighted by atomic mass is 35.5. The van der Waals surface area contributed by atoms with Crippen LogP contribution in [-0.4, -0.2) is 27.8 Å². The number of furan rings is 1. The van der Waals surface area contributed by atoms with Gasteiger partial charge in [0, 0.05) is 23.0 Å². The van der Waals surface area contributed by atoms with Crippen LogP contribution in [0.4, 0.5) is 5.69 Å². The largest absolute Gasteiger partial charge is 0.449 e. The molecule has 3 rings (SSSR count). The molecule has 1 N–H and O–H groups in total. The Labute approximate surface area is 161 Å². The van der Waals surface area contributed by atoms with E-state index in [1.54, 1.807) is 43.8 Å². The molecule has 3 aromatic rings. The number of esters is 1. The van der Waals surface area contributed by atoms with Gasteiger partial charge in [-0.1, -0.05) is 11.6 Å². The number of carbonyl (C=O) groups excluding carboxylic acids is 2. The lowest BCUT2D eigenvalue weighted by Gasteiger charge is -2.13. The molecule has 0 unspecified atom stereocenters. The first-order chi connectivity index (χ1) is 12.7. The summed E-state index contributed by atoms with van der Waals surface area (Å²) in [4.78, 5) is 24.9. The lowest BCUT2D eigenvalue weighted by molar-refractivity contribution is -0.123. The summed E-state index contributed by atoms with van der Waals surface area (Å²) in [6.45, 7) is 6.88. The number of hydrogen-bond donors (Lipinski definition) is 1. The molecule has 1 aromatic carbocycles. The first-order valence-electron chi connectivity index (χ1n) is 8.39. The van der Waals surface area contributed by atoms with E-state index in [-0.39, 0.29) is 5.76 Å². The molecule has 8 heteroatoms. The fraction of sp³-hybridized carbons (Fsp3) is 0.316. The number of aromatic nitrogens is 2. The number of carbonyl (C=O) groups is 2. The molecule has 2 aromatic heterocycles. The van der Waals surface area contributed by atoms with Crippen LogP contribution in [0.3, 0.4) is 0 Å². The highest BCUT2D eigenvalue weighted by Crippen LogP contribution is 2.28. The second-order valence-electron chi connectivity index (χ2n) is 6.40. The number of anilines is 1. The number of nitrogens with zero attached hydrogens (tertiary/aromatic N) is 2. The van der Waals surface area contributed by atoms with E-state index in [0.29, 0.717) is 27.6 Å². The van der Waals surface area contributed by atoms with Crippen LogP contribution in [0.5, 0.6) is 0 Å². The predicted molar refractivity (Wildman–Crippen MR) is 102 cm³/mol. The van der Waals surface area contributed by atoms with Crippen LogP contribution in [0.2, 0.25) is 5.02 Å². The zero-order valence-corrected chi connectivity index (χ0v) is 16.5. The molecule has 0 fully saturated rings. The Balaban J connectivity index is 1.75. The molecule has 1 atom stereocenters. The summed E-state index contributed by atoms with van der Waals surface area (Å²) in [7, 11) is 1.79. The average Bonchev–Trinajstić information content (AvgIpc) is 3.06. The molecular formula is C19H20ClN3O4. The van der Waals surface area contributed by atoms with Crippen LogP contribution in [0.1, 0.15) is 34.4 Å². The molecule has 0 aliphatic heterocycles. The van der Waals surface area contributed by atoms with Crippen LogP contribution in [0, 0.1) is 20.8 Å². The maximum atomic E-state index is 12.5. The number of aryl methyl sites for hydroxylation is 3. The maximum absolute atomic E-state index is 12.5. The van der Waals surface area contributed by atoms with Gasteiger partial charge < -0.3 is 14.5 Å². The van der Waals surface area contributed by atoms with Crippen molar-refractivity contribution in [2.75, 3.05) is 5.32 Å². The van der Waals surface area contributed by atoms with Crippen LogP contribution in [0.15, 0.2) is 22.6 Å². The van der Waals surface area contributed by atoms with E-state index >= 15 is 0 Å². The summed E-state index contributed by atoms with van der Waals surface area (Å²) in [5.74, 6) is -1.10. The molecule has 1 amide bonds. The van der Waals surface area contributed by atoms with Crippen molar-refractivity contribution in [1.82, 2.24) is 9.78 Å². The average molecular weight is 390 g/mol. The third-order valence-electron chi connectivity index (χ3n) is 4.49. The van der Waals surface area contributed by atoms with Crippen LogP contribution >= 0.6 is 11.6 Å². The van der Waals surface area contributed by atoms with Gasteiger partial charge in [-0.3, -0.25) is 9.48 Å². The first kappa shape index (κ1) is 19.0. The minimum atomic E-state index is -1.01. The lowest BCUT2D eigenvalue weighted by atomic mass is 10.1. The summed E-state index contributed by atoms with van der Waals surface area (Å²) >= 11 is 5.99. The molecule has 0 saturated heterocycles. The van der Waals surface area contributed by atoms with E-state index < -0.39 is 18.0 Å². The third kappa shape index (κ3) is 3.55. The summed E-state index contributed by atoms with van der Waals surface area (Å²) < 4.78 is 12.5. The number of rotatable bonds is 4. The molecule has 27 heavy (non-hydrogen) atoms. The minimum Gasteiger partial charge on any atom is -0.449 e. The van der Waals surface area contributed by atoms with Crippen LogP contribution < -0.4 is 5.32 Å². The van der Waals surface area contributed by atoms with Crippen molar-refractivity contribution < 1.29 is 18.7 Å².